The van der Waals surface area contributed by atoms with E-state index in [2.05, 4.69) is 10.4 Å². The fourth-order valence-electron chi connectivity index (χ4n) is 2.90. The number of anilines is 1. The number of fused-ring (bicyclic) bond motifs is 1. The Morgan fingerprint density at radius 1 is 1.42 bits per heavy atom. The van der Waals surface area contributed by atoms with Crippen molar-refractivity contribution in [2.45, 2.75) is 24.7 Å². The molecule has 24 heavy (non-hydrogen) atoms. The molecule has 1 aromatic heterocycles. The number of rotatable bonds is 3. The van der Waals surface area contributed by atoms with Gasteiger partial charge < -0.3 is 15.8 Å². The first kappa shape index (κ1) is 16.2. The number of primary amides is 1. The molecule has 0 saturated heterocycles. The van der Waals surface area contributed by atoms with Gasteiger partial charge in [0.1, 0.15) is 17.1 Å². The summed E-state index contributed by atoms with van der Waals surface area (Å²) in [6.45, 7) is 0. The summed E-state index contributed by atoms with van der Waals surface area (Å²) in [5.41, 5.74) is 5.73. The maximum atomic E-state index is 13.5. The van der Waals surface area contributed by atoms with E-state index in [1.165, 1.54) is 7.11 Å². The van der Waals surface area contributed by atoms with Crippen molar-refractivity contribution in [3.8, 4) is 5.75 Å². The van der Waals surface area contributed by atoms with Crippen LogP contribution in [0.1, 0.15) is 34.4 Å². The molecule has 0 radical (unpaired) electrons. The highest BCUT2D eigenvalue weighted by Gasteiger charge is 2.47. The van der Waals surface area contributed by atoms with Crippen molar-refractivity contribution in [2.75, 3.05) is 12.4 Å². The fraction of sp³-hybridized carbons (Fsp3) is 0.333. The number of hydrogen-bond acceptors (Lipinski definition) is 4. The van der Waals surface area contributed by atoms with Crippen LogP contribution in [0.4, 0.5) is 19.0 Å². The van der Waals surface area contributed by atoms with Gasteiger partial charge in [-0.25, -0.2) is 4.68 Å². The van der Waals surface area contributed by atoms with Crippen molar-refractivity contribution in [2.24, 2.45) is 5.73 Å². The summed E-state index contributed by atoms with van der Waals surface area (Å²) in [4.78, 5) is 11.5. The summed E-state index contributed by atoms with van der Waals surface area (Å²) in [6.07, 6.45) is -3.75. The highest BCUT2D eigenvalue weighted by molar-refractivity contribution is 5.97. The number of hydrogen-bond donors (Lipinski definition) is 2. The Morgan fingerprint density at radius 2 is 2.12 bits per heavy atom. The number of halogens is 3. The largest absolute Gasteiger partial charge is 0.496 e. The Labute approximate surface area is 135 Å². The number of nitrogens with two attached hydrogens (primary N) is 1. The summed E-state index contributed by atoms with van der Waals surface area (Å²) >= 11 is 0. The number of ether oxygens (including phenoxy) is 1. The summed E-state index contributed by atoms with van der Waals surface area (Å²) < 4.78 is 46.4. The second kappa shape index (κ2) is 5.73. The predicted octanol–water partition coefficient (Wildman–Crippen LogP) is 2.65. The first-order valence-corrected chi connectivity index (χ1v) is 7.16. The topological polar surface area (TPSA) is 82.2 Å². The highest BCUT2D eigenvalue weighted by Crippen LogP contribution is 2.45. The van der Waals surface area contributed by atoms with Crippen molar-refractivity contribution >= 4 is 11.7 Å². The third kappa shape index (κ3) is 2.66. The minimum atomic E-state index is -4.52. The van der Waals surface area contributed by atoms with Gasteiger partial charge >= 0.3 is 6.18 Å². The molecule has 0 fully saturated rings. The van der Waals surface area contributed by atoms with Gasteiger partial charge in [-0.3, -0.25) is 4.79 Å². The average molecular weight is 340 g/mol. The quantitative estimate of drug-likeness (QED) is 0.900. The standard InChI is InChI=1S/C15H15F3N4O2/c1-24-11-5-3-2-4-8(11)10-6-12(15(16,17)18)22-14(21-10)9(7-20-22)13(19)23/h2-5,7,10,12,21H,6H2,1H3,(H2,19,23). The fourth-order valence-corrected chi connectivity index (χ4v) is 2.90. The molecule has 0 saturated carbocycles. The van der Waals surface area contributed by atoms with Gasteiger partial charge in [0, 0.05) is 12.0 Å². The summed E-state index contributed by atoms with van der Waals surface area (Å²) in [7, 11) is 1.45. The number of carbonyl (C=O) groups excluding carboxylic acids is 1. The van der Waals surface area contributed by atoms with Crippen LogP contribution in [-0.2, 0) is 0 Å². The summed E-state index contributed by atoms with van der Waals surface area (Å²) in [5, 5.41) is 6.64. The molecule has 3 rings (SSSR count). The maximum absolute atomic E-state index is 13.5. The Morgan fingerprint density at radius 3 is 2.75 bits per heavy atom. The zero-order valence-electron chi connectivity index (χ0n) is 12.7. The monoisotopic (exact) mass is 340 g/mol. The van der Waals surface area contributed by atoms with Crippen molar-refractivity contribution < 1.29 is 22.7 Å². The van der Waals surface area contributed by atoms with Gasteiger partial charge in [-0.2, -0.15) is 18.3 Å². The number of aromatic nitrogens is 2. The van der Waals surface area contributed by atoms with E-state index in [1.54, 1.807) is 24.3 Å². The number of alkyl halides is 3. The first-order chi connectivity index (χ1) is 11.3. The Bertz CT molecular complexity index is 772. The van der Waals surface area contributed by atoms with Crippen molar-refractivity contribution in [1.82, 2.24) is 9.78 Å². The van der Waals surface area contributed by atoms with Gasteiger partial charge in [0.2, 0.25) is 0 Å². The third-order valence-corrected chi connectivity index (χ3v) is 4.02. The molecule has 2 atom stereocenters. The molecule has 6 nitrogen and oxygen atoms in total. The molecule has 128 valence electrons. The van der Waals surface area contributed by atoms with Crippen LogP contribution in [0.2, 0.25) is 0 Å². The number of para-hydroxylation sites is 1. The summed E-state index contributed by atoms with van der Waals surface area (Å²) in [6, 6.07) is 4.22. The summed E-state index contributed by atoms with van der Waals surface area (Å²) in [5.74, 6) is -0.415. The maximum Gasteiger partial charge on any atom is 0.410 e. The molecule has 0 bridgehead atoms. The minimum Gasteiger partial charge on any atom is -0.496 e. The molecule has 0 spiro atoms. The smallest absolute Gasteiger partial charge is 0.410 e. The number of benzene rings is 1. The van der Waals surface area contributed by atoms with Crippen molar-refractivity contribution in [1.29, 1.82) is 0 Å². The van der Waals surface area contributed by atoms with Crippen LogP contribution in [0.3, 0.4) is 0 Å². The van der Waals surface area contributed by atoms with E-state index in [4.69, 9.17) is 10.5 Å². The van der Waals surface area contributed by atoms with Gasteiger partial charge in [-0.15, -0.1) is 0 Å². The molecule has 2 heterocycles. The Kier molecular flexibility index (Phi) is 3.86. The molecule has 2 unspecified atom stereocenters. The number of nitrogens with zero attached hydrogens (tertiary/aromatic N) is 2. The molecule has 0 aliphatic carbocycles. The Hall–Kier alpha value is -2.71. The van der Waals surface area contributed by atoms with Crippen LogP contribution in [0.15, 0.2) is 30.5 Å². The van der Waals surface area contributed by atoms with Gasteiger partial charge in [-0.1, -0.05) is 18.2 Å². The third-order valence-electron chi connectivity index (χ3n) is 4.02. The van der Waals surface area contributed by atoms with E-state index < -0.39 is 24.2 Å². The lowest BCUT2D eigenvalue weighted by molar-refractivity contribution is -0.173. The van der Waals surface area contributed by atoms with Gasteiger partial charge in [-0.05, 0) is 6.07 Å². The number of carbonyl (C=O) groups is 1. The lowest BCUT2D eigenvalue weighted by Gasteiger charge is -2.34. The van der Waals surface area contributed by atoms with Crippen LogP contribution in [0.25, 0.3) is 0 Å². The number of methoxy groups -OCH3 is 1. The van der Waals surface area contributed by atoms with Crippen molar-refractivity contribution in [3.05, 3.63) is 41.6 Å². The Balaban J connectivity index is 2.09. The molecule has 1 amide bonds. The second-order valence-corrected chi connectivity index (χ2v) is 5.45. The van der Waals surface area contributed by atoms with Crippen molar-refractivity contribution in [3.63, 3.8) is 0 Å². The SMILES string of the molecule is COc1ccccc1C1CC(C(F)(F)F)n2ncc(C(N)=O)c2N1. The molecular formula is C15H15F3N4O2. The number of amides is 1. The van der Waals surface area contributed by atoms with Gasteiger partial charge in [0.15, 0.2) is 6.04 Å². The predicted molar refractivity (Wildman–Crippen MR) is 79.8 cm³/mol. The van der Waals surface area contributed by atoms with E-state index in [-0.39, 0.29) is 17.8 Å². The molecule has 3 N–H and O–H groups in total. The normalized spacial score (nSPS) is 20.2. The highest BCUT2D eigenvalue weighted by atomic mass is 19.4. The van der Waals surface area contributed by atoms with E-state index in [9.17, 15) is 18.0 Å². The lowest BCUT2D eigenvalue weighted by atomic mass is 9.96. The zero-order valence-corrected chi connectivity index (χ0v) is 12.7. The van der Waals surface area contributed by atoms with Crippen LogP contribution in [0, 0.1) is 0 Å². The van der Waals surface area contributed by atoms with E-state index in [1.807, 2.05) is 0 Å². The second-order valence-electron chi connectivity index (χ2n) is 5.45. The van der Waals surface area contributed by atoms with Crippen LogP contribution in [0.5, 0.6) is 5.75 Å². The molecule has 1 aliphatic rings. The van der Waals surface area contributed by atoms with E-state index >= 15 is 0 Å². The number of nitrogens with one attached hydrogen (secondary N) is 1. The van der Waals surface area contributed by atoms with Gasteiger partial charge in [0.05, 0.1) is 19.3 Å². The van der Waals surface area contributed by atoms with E-state index in [0.29, 0.717) is 11.3 Å². The van der Waals surface area contributed by atoms with E-state index in [0.717, 1.165) is 10.9 Å². The van der Waals surface area contributed by atoms with Crippen LogP contribution >= 0.6 is 0 Å². The molecular weight excluding hydrogens is 325 g/mol. The molecule has 9 heteroatoms. The zero-order chi connectivity index (χ0) is 17.5. The molecule has 2 aromatic rings. The molecule has 1 aliphatic heterocycles. The van der Waals surface area contributed by atoms with Crippen LogP contribution in [-0.4, -0.2) is 29.0 Å². The minimum absolute atomic E-state index is 0.0352. The molecule has 1 aromatic carbocycles. The van der Waals surface area contributed by atoms with Crippen LogP contribution < -0.4 is 15.8 Å². The van der Waals surface area contributed by atoms with Gasteiger partial charge in [0.25, 0.3) is 5.91 Å². The first-order valence-electron chi connectivity index (χ1n) is 7.16. The lowest BCUT2D eigenvalue weighted by Crippen LogP contribution is -2.36. The average Bonchev–Trinajstić information content (AvgIpc) is 2.96.